The van der Waals surface area contributed by atoms with Gasteiger partial charge in [-0.15, -0.1) is 0 Å². The Kier molecular flexibility index (Phi) is 5.36. The number of hydrogen-bond acceptors (Lipinski definition) is 4. The molecule has 0 unspecified atom stereocenters. The van der Waals surface area contributed by atoms with Gasteiger partial charge in [-0.3, -0.25) is 9.59 Å². The topological polar surface area (TPSA) is 105 Å². The van der Waals surface area contributed by atoms with Crippen LogP contribution in [0.25, 0.3) is 0 Å². The van der Waals surface area contributed by atoms with Crippen LogP contribution >= 0.6 is 23.2 Å². The maximum atomic E-state index is 11.2. The van der Waals surface area contributed by atoms with Crippen LogP contribution in [0.1, 0.15) is 20.7 Å². The van der Waals surface area contributed by atoms with Gasteiger partial charge in [0.25, 0.3) is 0 Å². The molecule has 0 saturated carbocycles. The molecule has 0 radical (unpaired) electrons. The van der Waals surface area contributed by atoms with Gasteiger partial charge in [0.05, 0.1) is 21.2 Å². The molecule has 4 N–H and O–H groups in total. The lowest BCUT2D eigenvalue weighted by Gasteiger charge is -2.10. The standard InChI is InChI=1S/C14H11BCl2N2O4/c16-11-3-1-7(5-9(11)13(18)20)22-15-23-8-2-4-12(17)10(6-8)14(19)21/h1-6,15H,(H2,18,20)(H2,19,21). The summed E-state index contributed by atoms with van der Waals surface area (Å²) >= 11 is 11.7. The molecule has 0 atom stereocenters. The normalized spacial score (nSPS) is 10.0. The number of primary amides is 2. The molecule has 0 aliphatic heterocycles. The molecule has 0 spiro atoms. The van der Waals surface area contributed by atoms with Crippen molar-refractivity contribution < 1.29 is 18.9 Å². The average molecular weight is 353 g/mol. The van der Waals surface area contributed by atoms with Crippen LogP contribution in [0.2, 0.25) is 10.0 Å². The first-order valence-corrected chi connectivity index (χ1v) is 7.08. The lowest BCUT2D eigenvalue weighted by Crippen LogP contribution is -2.15. The van der Waals surface area contributed by atoms with Gasteiger partial charge in [-0.2, -0.15) is 0 Å². The molecule has 118 valence electrons. The molecular formula is C14H11BCl2N2O4. The summed E-state index contributed by atoms with van der Waals surface area (Å²) in [6.07, 6.45) is 0. The zero-order valence-electron chi connectivity index (χ0n) is 11.7. The average Bonchev–Trinajstić information content (AvgIpc) is 2.50. The van der Waals surface area contributed by atoms with Crippen molar-refractivity contribution in [1.82, 2.24) is 0 Å². The Hall–Kier alpha value is -2.38. The second-order valence-electron chi connectivity index (χ2n) is 4.42. The summed E-state index contributed by atoms with van der Waals surface area (Å²) < 4.78 is 10.7. The maximum Gasteiger partial charge on any atom is 0.576 e. The van der Waals surface area contributed by atoms with Crippen molar-refractivity contribution in [3.8, 4) is 11.5 Å². The van der Waals surface area contributed by atoms with Gasteiger partial charge < -0.3 is 20.8 Å². The monoisotopic (exact) mass is 352 g/mol. The van der Waals surface area contributed by atoms with Crippen LogP contribution in [0.4, 0.5) is 0 Å². The highest BCUT2D eigenvalue weighted by atomic mass is 35.5. The van der Waals surface area contributed by atoms with Gasteiger partial charge in [0.2, 0.25) is 11.8 Å². The lowest BCUT2D eigenvalue weighted by molar-refractivity contribution is 0.0992. The largest absolute Gasteiger partial charge is 0.576 e. The smallest absolute Gasteiger partial charge is 0.528 e. The number of benzene rings is 2. The van der Waals surface area contributed by atoms with Crippen LogP contribution in [0.15, 0.2) is 36.4 Å². The second kappa shape index (κ2) is 7.26. The van der Waals surface area contributed by atoms with E-state index >= 15 is 0 Å². The van der Waals surface area contributed by atoms with Gasteiger partial charge in [0, 0.05) is 0 Å². The quantitative estimate of drug-likeness (QED) is 0.774. The SMILES string of the molecule is NC(=O)c1cc(OBOc2ccc(Cl)c(C(N)=O)c2)ccc1Cl. The molecule has 2 amide bonds. The van der Waals surface area contributed by atoms with Gasteiger partial charge in [-0.1, -0.05) is 23.2 Å². The van der Waals surface area contributed by atoms with Gasteiger partial charge in [-0.25, -0.2) is 0 Å². The van der Waals surface area contributed by atoms with Crippen molar-refractivity contribution >= 4 is 42.7 Å². The summed E-state index contributed by atoms with van der Waals surface area (Å²) in [4.78, 5) is 22.4. The predicted molar refractivity (Wildman–Crippen MR) is 88.3 cm³/mol. The van der Waals surface area contributed by atoms with Crippen molar-refractivity contribution in [2.45, 2.75) is 0 Å². The second-order valence-corrected chi connectivity index (χ2v) is 5.23. The molecule has 2 aromatic carbocycles. The van der Waals surface area contributed by atoms with Crippen molar-refractivity contribution in [1.29, 1.82) is 0 Å². The van der Waals surface area contributed by atoms with Crippen LogP contribution < -0.4 is 20.8 Å². The maximum absolute atomic E-state index is 11.2. The molecule has 23 heavy (non-hydrogen) atoms. The Morgan fingerprint density at radius 3 is 1.57 bits per heavy atom. The first-order chi connectivity index (χ1) is 10.9. The third-order valence-electron chi connectivity index (χ3n) is 2.86. The number of carbonyl (C=O) groups excluding carboxylic acids is 2. The predicted octanol–water partition coefficient (Wildman–Crippen LogP) is 1.92. The number of rotatable bonds is 6. The Balaban J connectivity index is 2.03. The van der Waals surface area contributed by atoms with Crippen LogP contribution in [0.3, 0.4) is 0 Å². The minimum Gasteiger partial charge on any atom is -0.528 e. The van der Waals surface area contributed by atoms with E-state index in [4.69, 9.17) is 44.0 Å². The summed E-state index contributed by atoms with van der Waals surface area (Å²) in [6, 6.07) is 8.92. The van der Waals surface area contributed by atoms with Gasteiger partial charge >= 0.3 is 7.69 Å². The highest BCUT2D eigenvalue weighted by Gasteiger charge is 2.11. The lowest BCUT2D eigenvalue weighted by atomic mass is 10.2. The van der Waals surface area contributed by atoms with E-state index in [0.717, 1.165) is 0 Å². The summed E-state index contributed by atoms with van der Waals surface area (Å²) in [5.74, 6) is -0.616. The van der Waals surface area contributed by atoms with E-state index in [0.29, 0.717) is 11.5 Å². The van der Waals surface area contributed by atoms with E-state index in [1.54, 1.807) is 12.1 Å². The zero-order valence-corrected chi connectivity index (χ0v) is 13.2. The van der Waals surface area contributed by atoms with Crippen LogP contribution in [0, 0.1) is 0 Å². The number of carbonyl (C=O) groups is 2. The van der Waals surface area contributed by atoms with Crippen molar-refractivity contribution in [2.75, 3.05) is 0 Å². The van der Waals surface area contributed by atoms with E-state index in [9.17, 15) is 9.59 Å². The van der Waals surface area contributed by atoms with Gasteiger partial charge in [0.15, 0.2) is 0 Å². The minimum absolute atomic E-state index is 0.145. The van der Waals surface area contributed by atoms with Crippen molar-refractivity contribution in [3.63, 3.8) is 0 Å². The number of nitrogens with two attached hydrogens (primary N) is 2. The molecular weight excluding hydrogens is 342 g/mol. The molecule has 0 bridgehead atoms. The third kappa shape index (κ3) is 4.31. The highest BCUT2D eigenvalue weighted by Crippen LogP contribution is 2.23. The van der Waals surface area contributed by atoms with E-state index in [1.165, 1.54) is 24.3 Å². The van der Waals surface area contributed by atoms with E-state index < -0.39 is 11.8 Å². The zero-order chi connectivity index (χ0) is 17.0. The first-order valence-electron chi connectivity index (χ1n) is 6.33. The van der Waals surface area contributed by atoms with Crippen LogP contribution in [-0.2, 0) is 0 Å². The van der Waals surface area contributed by atoms with E-state index in [2.05, 4.69) is 0 Å². The Bertz CT molecular complexity index is 707. The molecule has 0 aliphatic rings. The third-order valence-corrected chi connectivity index (χ3v) is 3.52. The van der Waals surface area contributed by atoms with Crippen molar-refractivity contribution in [2.24, 2.45) is 11.5 Å². The number of amides is 2. The molecule has 0 aromatic heterocycles. The summed E-state index contributed by atoms with van der Waals surface area (Å²) in [5, 5.41) is 0.462. The van der Waals surface area contributed by atoms with E-state index in [1.807, 2.05) is 0 Å². The molecule has 2 rings (SSSR count). The fraction of sp³-hybridized carbons (Fsp3) is 0. The Labute approximate surface area is 142 Å². The molecule has 6 nitrogen and oxygen atoms in total. The van der Waals surface area contributed by atoms with E-state index in [-0.39, 0.29) is 28.9 Å². The summed E-state index contributed by atoms with van der Waals surface area (Å²) in [6.45, 7) is 0. The molecule has 0 saturated heterocycles. The molecule has 2 aromatic rings. The van der Waals surface area contributed by atoms with Crippen molar-refractivity contribution in [3.05, 3.63) is 57.6 Å². The molecule has 0 fully saturated rings. The first kappa shape index (κ1) is 17.0. The fourth-order valence-electron chi connectivity index (χ4n) is 1.73. The van der Waals surface area contributed by atoms with Crippen LogP contribution in [-0.4, -0.2) is 19.5 Å². The molecule has 0 aliphatic carbocycles. The summed E-state index contributed by atoms with van der Waals surface area (Å²) in [5.41, 5.74) is 10.7. The van der Waals surface area contributed by atoms with Gasteiger partial charge in [-0.05, 0) is 36.4 Å². The molecule has 0 heterocycles. The number of hydrogen-bond donors (Lipinski definition) is 2. The highest BCUT2D eigenvalue weighted by molar-refractivity contribution is 6.34. The minimum atomic E-state index is -0.662. The van der Waals surface area contributed by atoms with Crippen LogP contribution in [0.5, 0.6) is 11.5 Å². The van der Waals surface area contributed by atoms with Gasteiger partial charge in [0.1, 0.15) is 11.5 Å². The summed E-state index contributed by atoms with van der Waals surface area (Å²) in [7, 11) is -0.167. The Morgan fingerprint density at radius 2 is 1.22 bits per heavy atom. The number of halogens is 2. The molecule has 9 heteroatoms. The fourth-order valence-corrected chi connectivity index (χ4v) is 2.15. The Morgan fingerprint density at radius 1 is 0.826 bits per heavy atom.